The predicted molar refractivity (Wildman–Crippen MR) is 9.37 cm³/mol. The molecule has 0 spiro atoms. The van der Waals surface area contributed by atoms with Crippen molar-refractivity contribution in [2.24, 2.45) is 0 Å². The van der Waals surface area contributed by atoms with Gasteiger partial charge in [-0.1, -0.05) is 0 Å². The van der Waals surface area contributed by atoms with Gasteiger partial charge in [0.15, 0.2) is 0 Å². The SMILES string of the molecule is O.[O-]B([O-])[O-].[Zn+2]. The van der Waals surface area contributed by atoms with Crippen LogP contribution in [-0.4, -0.2) is 12.8 Å². The first-order valence-corrected chi connectivity index (χ1v) is 0.707. The molecule has 0 aliphatic heterocycles. The molecule has 0 aromatic rings. The molecule has 0 aliphatic carbocycles. The smallest absolute Gasteiger partial charge is 0.907 e. The van der Waals surface area contributed by atoms with Crippen molar-refractivity contribution in [1.82, 2.24) is 0 Å². The fourth-order valence-corrected chi connectivity index (χ4v) is 0. The molecule has 32 valence electrons. The number of hydrogen-bond donors (Lipinski definition) is 0. The Labute approximate surface area is 48.0 Å². The van der Waals surface area contributed by atoms with E-state index in [1.807, 2.05) is 0 Å². The molecule has 0 saturated carbocycles. The molecule has 0 aromatic heterocycles. The van der Waals surface area contributed by atoms with Crippen LogP contribution < -0.4 is 15.1 Å². The summed E-state index contributed by atoms with van der Waals surface area (Å²) in [5.41, 5.74) is 0. The van der Waals surface area contributed by atoms with Gasteiger partial charge < -0.3 is 20.5 Å². The quantitative estimate of drug-likeness (QED) is 0.317. The van der Waals surface area contributed by atoms with Crippen molar-refractivity contribution in [1.29, 1.82) is 0 Å². The molecule has 0 rings (SSSR count). The molecular formula is H2BO4Zn-. The summed E-state index contributed by atoms with van der Waals surface area (Å²) in [5, 5.41) is 25.2. The first kappa shape index (κ1) is 16.0. The maximum absolute atomic E-state index is 8.42. The number of hydrogen-bond acceptors (Lipinski definition) is 3. The van der Waals surface area contributed by atoms with Crippen LogP contribution in [0, 0.1) is 0 Å². The number of rotatable bonds is 0. The van der Waals surface area contributed by atoms with Gasteiger partial charge in [-0.15, -0.1) is 0 Å². The molecule has 0 heterocycles. The van der Waals surface area contributed by atoms with Gasteiger partial charge in [-0.3, -0.25) is 7.32 Å². The summed E-state index contributed by atoms with van der Waals surface area (Å²) >= 11 is 0. The van der Waals surface area contributed by atoms with Gasteiger partial charge in [0.1, 0.15) is 0 Å². The van der Waals surface area contributed by atoms with Crippen LogP contribution in [0.25, 0.3) is 0 Å². The van der Waals surface area contributed by atoms with E-state index < -0.39 is 7.32 Å². The molecule has 0 fully saturated rings. The maximum atomic E-state index is 8.42. The van der Waals surface area contributed by atoms with E-state index in [2.05, 4.69) is 0 Å². The predicted octanol–water partition coefficient (Wildman–Crippen LogP) is -4.77. The minimum atomic E-state index is -2.92. The van der Waals surface area contributed by atoms with E-state index in [1.54, 1.807) is 0 Å². The van der Waals surface area contributed by atoms with Crippen molar-refractivity contribution in [3.8, 4) is 0 Å². The zero-order chi connectivity index (χ0) is 3.58. The molecular weight excluding hydrogens is 140 g/mol. The third kappa shape index (κ3) is 202. The Hall–Kier alpha value is 0.528. The Bertz CT molecular complexity index is 12.3. The van der Waals surface area contributed by atoms with Crippen LogP contribution >= 0.6 is 0 Å². The van der Waals surface area contributed by atoms with Gasteiger partial charge >= 0.3 is 19.5 Å². The second kappa shape index (κ2) is 9.11. The van der Waals surface area contributed by atoms with E-state index in [9.17, 15) is 0 Å². The third-order valence-corrected chi connectivity index (χ3v) is 0. The summed E-state index contributed by atoms with van der Waals surface area (Å²) in [6.45, 7) is 0. The monoisotopic (exact) mass is 141 g/mol. The average Bonchev–Trinajstić information content (AvgIpc) is 0.811. The molecule has 0 amide bonds. The van der Waals surface area contributed by atoms with Crippen LogP contribution in [0.3, 0.4) is 0 Å². The van der Waals surface area contributed by atoms with Gasteiger partial charge in [-0.2, -0.15) is 0 Å². The van der Waals surface area contributed by atoms with Gasteiger partial charge in [0, 0.05) is 0 Å². The normalized spacial score (nSPS) is 4.50. The van der Waals surface area contributed by atoms with Crippen molar-refractivity contribution in [2.75, 3.05) is 0 Å². The van der Waals surface area contributed by atoms with Crippen LogP contribution in [0.2, 0.25) is 0 Å². The summed E-state index contributed by atoms with van der Waals surface area (Å²) in [6.07, 6.45) is 0. The first-order chi connectivity index (χ1) is 1.73. The van der Waals surface area contributed by atoms with E-state index in [-0.39, 0.29) is 25.0 Å². The summed E-state index contributed by atoms with van der Waals surface area (Å²) in [6, 6.07) is 0. The largest absolute Gasteiger partial charge is 2.00 e. The summed E-state index contributed by atoms with van der Waals surface area (Å²) in [4.78, 5) is 0. The van der Waals surface area contributed by atoms with Crippen molar-refractivity contribution in [2.45, 2.75) is 0 Å². The van der Waals surface area contributed by atoms with Gasteiger partial charge in [0.25, 0.3) is 0 Å². The Morgan fingerprint density at radius 1 is 1.00 bits per heavy atom. The molecule has 0 atom stereocenters. The van der Waals surface area contributed by atoms with Crippen LogP contribution in [0.1, 0.15) is 0 Å². The molecule has 0 saturated heterocycles. The van der Waals surface area contributed by atoms with Crippen molar-refractivity contribution in [3.63, 3.8) is 0 Å². The molecule has 6 heavy (non-hydrogen) atoms. The molecule has 0 radical (unpaired) electrons. The van der Waals surface area contributed by atoms with Crippen molar-refractivity contribution >= 4 is 7.32 Å². The van der Waals surface area contributed by atoms with Gasteiger partial charge in [0.05, 0.1) is 0 Å². The zero-order valence-electron chi connectivity index (χ0n) is 3.01. The van der Waals surface area contributed by atoms with E-state index in [4.69, 9.17) is 15.1 Å². The Morgan fingerprint density at radius 2 is 1.00 bits per heavy atom. The van der Waals surface area contributed by atoms with E-state index in [0.29, 0.717) is 0 Å². The third-order valence-electron chi connectivity index (χ3n) is 0. The molecule has 0 aromatic carbocycles. The van der Waals surface area contributed by atoms with E-state index in [1.165, 1.54) is 0 Å². The standard InChI is InChI=1S/BO3.H2O.Zn/c2-1(3)4;;/h;1H2;/q-3;;+2. The fraction of sp³-hybridized carbons (Fsp3) is 0. The van der Waals surface area contributed by atoms with E-state index in [0.717, 1.165) is 0 Å². The van der Waals surface area contributed by atoms with Gasteiger partial charge in [-0.05, 0) is 0 Å². The maximum Gasteiger partial charge on any atom is 2.00 e. The summed E-state index contributed by atoms with van der Waals surface area (Å²) in [7, 11) is -2.92. The van der Waals surface area contributed by atoms with Crippen LogP contribution in [0.5, 0.6) is 0 Å². The molecule has 2 N–H and O–H groups in total. The molecule has 6 heteroatoms. The Morgan fingerprint density at radius 3 is 1.00 bits per heavy atom. The Kier molecular flexibility index (Phi) is 24.3. The topological polar surface area (TPSA) is 101 Å². The van der Waals surface area contributed by atoms with Crippen molar-refractivity contribution in [3.05, 3.63) is 0 Å². The Balaban J connectivity index is -0.0000000450. The molecule has 0 bridgehead atoms. The van der Waals surface area contributed by atoms with Crippen LogP contribution in [-0.2, 0) is 19.5 Å². The van der Waals surface area contributed by atoms with E-state index >= 15 is 0 Å². The summed E-state index contributed by atoms with van der Waals surface area (Å²) in [5.74, 6) is 0. The minimum Gasteiger partial charge on any atom is -0.907 e. The summed E-state index contributed by atoms with van der Waals surface area (Å²) < 4.78 is 0. The minimum absolute atomic E-state index is 0. The van der Waals surface area contributed by atoms with Crippen LogP contribution in [0.15, 0.2) is 0 Å². The first-order valence-electron chi connectivity index (χ1n) is 0.707. The second-order valence-corrected chi connectivity index (χ2v) is 0.289. The average molecular weight is 142 g/mol. The van der Waals surface area contributed by atoms with Crippen molar-refractivity contribution < 1.29 is 40.0 Å². The second-order valence-electron chi connectivity index (χ2n) is 0.289. The van der Waals surface area contributed by atoms with Gasteiger partial charge in [-0.25, -0.2) is 0 Å². The fourth-order valence-electron chi connectivity index (χ4n) is 0. The molecule has 4 nitrogen and oxygen atoms in total. The van der Waals surface area contributed by atoms with Gasteiger partial charge in [0.2, 0.25) is 0 Å². The zero-order valence-corrected chi connectivity index (χ0v) is 5.98. The van der Waals surface area contributed by atoms with Crippen LogP contribution in [0.4, 0.5) is 0 Å². The molecule has 0 aliphatic rings. The molecule has 0 unspecified atom stereocenters.